The van der Waals surface area contributed by atoms with Gasteiger partial charge in [-0.15, -0.1) is 0 Å². The first-order valence-electron chi connectivity index (χ1n) is 9.91. The fraction of sp³-hybridized carbons (Fsp3) is 1.00. The molecule has 0 aromatic carbocycles. The van der Waals surface area contributed by atoms with Crippen molar-refractivity contribution in [2.24, 2.45) is 34.5 Å². The Morgan fingerprint density at radius 1 is 0.826 bits per heavy atom. The molecule has 4 aliphatic rings. The van der Waals surface area contributed by atoms with Crippen molar-refractivity contribution >= 4 is 0 Å². The normalized spacial score (nSPS) is 50.1. The zero-order valence-corrected chi connectivity index (χ0v) is 14.4. The second-order valence-electron chi connectivity index (χ2n) is 9.49. The van der Waals surface area contributed by atoms with Gasteiger partial charge in [0.15, 0.2) is 0 Å². The first-order chi connectivity index (χ1) is 10.8. The highest BCUT2D eigenvalue weighted by molar-refractivity contribution is 5.08. The second-order valence-corrected chi connectivity index (χ2v) is 9.49. The molecule has 23 heavy (non-hydrogen) atoms. The van der Waals surface area contributed by atoms with Gasteiger partial charge in [-0.25, -0.2) is 0 Å². The molecule has 4 fully saturated rings. The van der Waals surface area contributed by atoms with Gasteiger partial charge in [0.2, 0.25) is 0 Å². The molecule has 3 heteroatoms. The molecule has 0 amide bonds. The average Bonchev–Trinajstić information content (AvgIpc) is 2.88. The van der Waals surface area contributed by atoms with Crippen molar-refractivity contribution in [2.45, 2.75) is 90.1 Å². The van der Waals surface area contributed by atoms with Crippen molar-refractivity contribution in [1.82, 2.24) is 0 Å². The molecule has 0 spiro atoms. The van der Waals surface area contributed by atoms with Crippen molar-refractivity contribution < 1.29 is 13.2 Å². The molecular weight excluding hydrogens is 297 g/mol. The Bertz CT molecular complexity index is 456. The molecule has 0 radical (unpaired) electrons. The third kappa shape index (κ3) is 2.56. The van der Waals surface area contributed by atoms with Crippen LogP contribution in [0.15, 0.2) is 0 Å². The third-order valence-corrected chi connectivity index (χ3v) is 8.66. The highest BCUT2D eigenvalue weighted by atomic mass is 19.4. The van der Waals surface area contributed by atoms with Gasteiger partial charge in [0.05, 0.1) is 0 Å². The van der Waals surface area contributed by atoms with Gasteiger partial charge in [-0.2, -0.15) is 13.2 Å². The summed E-state index contributed by atoms with van der Waals surface area (Å²) < 4.78 is 39.7. The summed E-state index contributed by atoms with van der Waals surface area (Å²) in [4.78, 5) is 0. The summed E-state index contributed by atoms with van der Waals surface area (Å²) in [6, 6.07) is 0. The fourth-order valence-electron chi connectivity index (χ4n) is 7.80. The van der Waals surface area contributed by atoms with Crippen LogP contribution in [0.2, 0.25) is 0 Å². The predicted molar refractivity (Wildman–Crippen MR) is 86.0 cm³/mol. The van der Waals surface area contributed by atoms with Gasteiger partial charge in [-0.1, -0.05) is 26.2 Å². The fourth-order valence-corrected chi connectivity index (χ4v) is 7.80. The van der Waals surface area contributed by atoms with Crippen molar-refractivity contribution in [1.29, 1.82) is 0 Å². The third-order valence-electron chi connectivity index (χ3n) is 8.66. The van der Waals surface area contributed by atoms with E-state index in [2.05, 4.69) is 6.92 Å². The van der Waals surface area contributed by atoms with E-state index in [1.54, 1.807) is 0 Å². The smallest absolute Gasteiger partial charge is 0.171 e. The Morgan fingerprint density at radius 2 is 1.65 bits per heavy atom. The zero-order chi connectivity index (χ0) is 16.3. The summed E-state index contributed by atoms with van der Waals surface area (Å²) >= 11 is 0. The van der Waals surface area contributed by atoms with Gasteiger partial charge in [0, 0.05) is 6.42 Å². The molecule has 6 atom stereocenters. The Morgan fingerprint density at radius 3 is 2.43 bits per heavy atom. The van der Waals surface area contributed by atoms with Gasteiger partial charge in [0.1, 0.15) is 0 Å². The monoisotopic (exact) mass is 328 g/mol. The van der Waals surface area contributed by atoms with Crippen LogP contribution in [0.1, 0.15) is 84.0 Å². The van der Waals surface area contributed by atoms with Gasteiger partial charge < -0.3 is 0 Å². The summed E-state index contributed by atoms with van der Waals surface area (Å²) in [6.45, 7) is 2.50. The second kappa shape index (κ2) is 5.39. The molecule has 0 nitrogen and oxygen atoms in total. The predicted octanol–water partition coefficient (Wildman–Crippen LogP) is 6.74. The first-order valence-corrected chi connectivity index (χ1v) is 9.91. The van der Waals surface area contributed by atoms with E-state index in [1.807, 2.05) is 0 Å². The van der Waals surface area contributed by atoms with E-state index in [0.717, 1.165) is 38.0 Å². The van der Waals surface area contributed by atoms with Crippen LogP contribution in [0.4, 0.5) is 13.2 Å². The number of hydrogen-bond donors (Lipinski definition) is 0. The summed E-state index contributed by atoms with van der Waals surface area (Å²) in [5.74, 6) is 2.52. The summed E-state index contributed by atoms with van der Waals surface area (Å²) in [5.41, 5.74) is 0.0471. The van der Waals surface area contributed by atoms with Gasteiger partial charge >= 0.3 is 6.18 Å². The maximum Gasteiger partial charge on any atom is 0.389 e. The lowest BCUT2D eigenvalue weighted by Gasteiger charge is -2.60. The van der Waals surface area contributed by atoms with Crippen molar-refractivity contribution in [3.8, 4) is 0 Å². The Labute approximate surface area is 138 Å². The molecule has 4 rings (SSSR count). The number of alkyl halides is 3. The van der Waals surface area contributed by atoms with Crippen LogP contribution >= 0.6 is 0 Å². The van der Waals surface area contributed by atoms with Crippen LogP contribution in [0, 0.1) is 34.5 Å². The molecule has 4 aliphatic carbocycles. The van der Waals surface area contributed by atoms with Crippen molar-refractivity contribution in [2.75, 3.05) is 0 Å². The molecule has 0 heterocycles. The highest BCUT2D eigenvalue weighted by Gasteiger charge is 2.60. The van der Waals surface area contributed by atoms with E-state index in [1.165, 1.54) is 38.5 Å². The Balaban J connectivity index is 1.61. The van der Waals surface area contributed by atoms with Crippen LogP contribution in [0.3, 0.4) is 0 Å². The van der Waals surface area contributed by atoms with Crippen LogP contribution in [0.25, 0.3) is 0 Å². The lowest BCUT2D eigenvalue weighted by atomic mass is 9.45. The molecule has 0 aliphatic heterocycles. The Hall–Kier alpha value is -0.210. The molecule has 132 valence electrons. The first kappa shape index (κ1) is 16.3. The molecule has 0 N–H and O–H groups in total. The van der Waals surface area contributed by atoms with E-state index in [9.17, 15) is 13.2 Å². The average molecular weight is 328 g/mol. The highest BCUT2D eigenvalue weighted by Crippen LogP contribution is 2.67. The molecular formula is C20H31F3. The molecule has 0 aromatic rings. The Kier molecular flexibility index (Phi) is 3.81. The number of halogens is 3. The van der Waals surface area contributed by atoms with Gasteiger partial charge in [0.25, 0.3) is 0 Å². The number of fused-ring (bicyclic) bond motifs is 5. The molecule has 0 unspecified atom stereocenters. The minimum Gasteiger partial charge on any atom is -0.171 e. The minimum atomic E-state index is -3.98. The topological polar surface area (TPSA) is 0 Å². The van der Waals surface area contributed by atoms with Crippen molar-refractivity contribution in [3.05, 3.63) is 0 Å². The largest absolute Gasteiger partial charge is 0.389 e. The standard InChI is InChI=1S/C20H31F3/c1-18-10-3-2-5-14(18)7-8-15-16(18)9-12-19(13-20(21,22)23)11-4-6-17(15)19/h14-17H,2-13H2,1H3/t14-,15+,16-,17-,18-,19-/m0/s1. The van der Waals surface area contributed by atoms with Crippen LogP contribution in [0.5, 0.6) is 0 Å². The maximum absolute atomic E-state index is 13.2. The van der Waals surface area contributed by atoms with Gasteiger partial charge in [-0.3, -0.25) is 0 Å². The van der Waals surface area contributed by atoms with E-state index in [-0.39, 0.29) is 0 Å². The van der Waals surface area contributed by atoms with E-state index >= 15 is 0 Å². The summed E-state index contributed by atoms with van der Waals surface area (Å²) in [7, 11) is 0. The molecule has 0 bridgehead atoms. The lowest BCUT2D eigenvalue weighted by molar-refractivity contribution is -0.186. The minimum absolute atomic E-state index is 0.363. The zero-order valence-electron chi connectivity index (χ0n) is 14.4. The molecule has 0 saturated heterocycles. The van der Waals surface area contributed by atoms with E-state index in [0.29, 0.717) is 23.2 Å². The SMILES string of the molecule is C[C@]12CCCC[C@H]1CC[C@H]1[C@@H]3CCC[C@@]3(CC(F)(F)F)CC[C@@H]12. The van der Waals surface area contributed by atoms with Crippen LogP contribution < -0.4 is 0 Å². The van der Waals surface area contributed by atoms with E-state index in [4.69, 9.17) is 0 Å². The number of hydrogen-bond acceptors (Lipinski definition) is 0. The lowest BCUT2D eigenvalue weighted by Crippen LogP contribution is -2.53. The van der Waals surface area contributed by atoms with Crippen molar-refractivity contribution in [3.63, 3.8) is 0 Å². The maximum atomic E-state index is 13.2. The molecule has 4 saturated carbocycles. The van der Waals surface area contributed by atoms with E-state index < -0.39 is 18.0 Å². The molecule has 0 aromatic heterocycles. The quantitative estimate of drug-likeness (QED) is 0.500. The summed E-state index contributed by atoms with van der Waals surface area (Å²) in [6.07, 6.45) is 8.29. The van der Waals surface area contributed by atoms with Crippen LogP contribution in [-0.2, 0) is 0 Å². The van der Waals surface area contributed by atoms with Crippen LogP contribution in [-0.4, -0.2) is 6.18 Å². The van der Waals surface area contributed by atoms with Gasteiger partial charge in [-0.05, 0) is 85.9 Å². The summed E-state index contributed by atoms with van der Waals surface area (Å²) in [5, 5.41) is 0. The number of rotatable bonds is 1.